The van der Waals surface area contributed by atoms with Gasteiger partial charge in [0.05, 0.1) is 27.8 Å². The van der Waals surface area contributed by atoms with Crippen molar-refractivity contribution in [1.82, 2.24) is 3.71 Å². The van der Waals surface area contributed by atoms with Crippen LogP contribution in [0.1, 0.15) is 40.2 Å². The zero-order valence-electron chi connectivity index (χ0n) is 20.1. The number of benzene rings is 2. The van der Waals surface area contributed by atoms with Crippen molar-refractivity contribution in [1.29, 1.82) is 0 Å². The summed E-state index contributed by atoms with van der Waals surface area (Å²) in [4.78, 5) is 12.7. The molecule has 3 rings (SSSR count). The summed E-state index contributed by atoms with van der Waals surface area (Å²) in [6.07, 6.45) is 1.99. The first-order valence-electron chi connectivity index (χ1n) is 10.9. The lowest BCUT2D eigenvalue weighted by Gasteiger charge is -2.47. The fraction of sp³-hybridized carbons (Fsp3) is 0.269. The molecule has 0 aliphatic carbocycles. The Balaban J connectivity index is 1.73. The Morgan fingerprint density at radius 1 is 1.18 bits per heavy atom. The number of esters is 1. The zero-order chi connectivity index (χ0) is 25.0. The van der Waals surface area contributed by atoms with Crippen LogP contribution in [0.15, 0.2) is 87.6 Å². The Morgan fingerprint density at radius 2 is 1.85 bits per heavy atom. The fourth-order valence-electron chi connectivity index (χ4n) is 3.59. The lowest BCUT2D eigenvalue weighted by molar-refractivity contribution is -0.133. The molecule has 8 heteroatoms. The van der Waals surface area contributed by atoms with Crippen molar-refractivity contribution in [2.45, 2.75) is 45.9 Å². The predicted molar refractivity (Wildman–Crippen MR) is 142 cm³/mol. The summed E-state index contributed by atoms with van der Waals surface area (Å²) in [6.45, 7) is 9.56. The lowest BCUT2D eigenvalue weighted by atomic mass is 9.99. The first kappa shape index (κ1) is 25.9. The molecule has 2 aromatic carbocycles. The number of anilines is 1. The number of hydrogen-bond donors (Lipinski definition) is 3. The topological polar surface area (TPSA) is 61.8 Å². The number of nitrogens with one attached hydrogen (secondary N) is 1. The second-order valence-corrected chi connectivity index (χ2v) is 11.2. The lowest BCUT2D eigenvalue weighted by Crippen LogP contribution is -2.31. The van der Waals surface area contributed by atoms with Crippen LogP contribution in [0, 0.1) is 0 Å². The highest BCUT2D eigenvalue weighted by Gasteiger charge is 2.43. The number of nitrogens with zero attached hydrogens (tertiary/aromatic N) is 1. The van der Waals surface area contributed by atoms with Crippen molar-refractivity contribution in [2.24, 2.45) is 0 Å². The zero-order valence-corrected chi connectivity index (χ0v) is 21.8. The molecular weight excluding hydrogens is 471 g/mol. The van der Waals surface area contributed by atoms with Crippen molar-refractivity contribution >= 4 is 35.3 Å². The van der Waals surface area contributed by atoms with Crippen LogP contribution in [0.5, 0.6) is 5.75 Å². The van der Waals surface area contributed by atoms with Crippen molar-refractivity contribution in [2.75, 3.05) is 11.3 Å². The number of hydrogen-bond acceptors (Lipinski definition) is 6. The first-order chi connectivity index (χ1) is 16.1. The van der Waals surface area contributed by atoms with Gasteiger partial charge in [-0.05, 0) is 69.0 Å². The van der Waals surface area contributed by atoms with Crippen LogP contribution in [-0.2, 0) is 11.2 Å². The van der Waals surface area contributed by atoms with E-state index in [1.807, 2.05) is 71.0 Å². The molecule has 2 N–H and O–H groups in total. The molecule has 34 heavy (non-hydrogen) atoms. The van der Waals surface area contributed by atoms with Crippen LogP contribution < -0.4 is 9.46 Å². The van der Waals surface area contributed by atoms with Crippen molar-refractivity contribution in [3.63, 3.8) is 0 Å². The molecule has 1 atom stereocenters. The number of allylic oxidation sites excluding steroid dienone is 3. The van der Waals surface area contributed by atoms with Crippen LogP contribution in [0.2, 0.25) is 0 Å². The monoisotopic (exact) mass is 502 g/mol. The molecule has 0 saturated carbocycles. The minimum absolute atomic E-state index is 0.159. The Hall–Kier alpha value is -2.68. The molecule has 2 aromatic rings. The number of fused-ring (bicyclic) bond motifs is 1. The van der Waals surface area contributed by atoms with Gasteiger partial charge in [0.1, 0.15) is 11.5 Å². The normalized spacial score (nSPS) is 19.7. The van der Waals surface area contributed by atoms with Gasteiger partial charge in [0, 0.05) is 12.6 Å². The van der Waals surface area contributed by atoms with E-state index in [4.69, 9.17) is 4.74 Å². The van der Waals surface area contributed by atoms with Gasteiger partial charge in [0.15, 0.2) is 0 Å². The second kappa shape index (κ2) is 10.7. The van der Waals surface area contributed by atoms with Crippen LogP contribution in [0.3, 0.4) is 0 Å². The largest absolute Gasteiger partial charge is 0.507 e. The highest BCUT2D eigenvalue weighted by atomic mass is 32.3. The molecule has 1 heterocycles. The highest BCUT2D eigenvalue weighted by Crippen LogP contribution is 2.70. The number of rotatable bonds is 8. The molecule has 0 aromatic heterocycles. The summed E-state index contributed by atoms with van der Waals surface area (Å²) in [5.41, 5.74) is 4.67. The molecule has 5 nitrogen and oxygen atoms in total. The van der Waals surface area contributed by atoms with Gasteiger partial charge in [0.25, 0.3) is 0 Å². The maximum atomic E-state index is 15.9. The smallest absolute Gasteiger partial charge is 0.315 e. The minimum Gasteiger partial charge on any atom is -0.507 e. The number of carbonyl (C=O) groups is 1. The third-order valence-electron chi connectivity index (χ3n) is 5.71. The van der Waals surface area contributed by atoms with E-state index in [1.54, 1.807) is 18.2 Å². The SMILES string of the molecule is C/C=C(C)\C(O)=C(\C)C(CN(S)S1(F)Nc2cc(OC(=O)Cc3ccccc3)ccc21)=C(C)C. The van der Waals surface area contributed by atoms with E-state index in [0.717, 1.165) is 22.3 Å². The van der Waals surface area contributed by atoms with Crippen LogP contribution in [0.4, 0.5) is 9.57 Å². The average molecular weight is 503 g/mol. The Morgan fingerprint density at radius 3 is 2.44 bits per heavy atom. The van der Waals surface area contributed by atoms with Gasteiger partial charge in [-0.25, -0.2) is 0 Å². The van der Waals surface area contributed by atoms with Gasteiger partial charge in [-0.3, -0.25) is 4.79 Å². The minimum atomic E-state index is -3.03. The van der Waals surface area contributed by atoms with Gasteiger partial charge in [0.2, 0.25) is 0 Å². The van der Waals surface area contributed by atoms with Crippen LogP contribution in [0.25, 0.3) is 0 Å². The van der Waals surface area contributed by atoms with E-state index >= 15 is 3.89 Å². The van der Waals surface area contributed by atoms with E-state index in [2.05, 4.69) is 17.5 Å². The van der Waals surface area contributed by atoms with Gasteiger partial charge < -0.3 is 14.6 Å². The summed E-state index contributed by atoms with van der Waals surface area (Å²) < 4.78 is 25.5. The van der Waals surface area contributed by atoms with Crippen LogP contribution >= 0.6 is 23.6 Å². The maximum absolute atomic E-state index is 15.9. The van der Waals surface area contributed by atoms with Gasteiger partial charge in [-0.2, -0.15) is 3.71 Å². The maximum Gasteiger partial charge on any atom is 0.315 e. The molecule has 0 radical (unpaired) electrons. The first-order valence-corrected chi connectivity index (χ1v) is 12.8. The molecule has 0 amide bonds. The van der Waals surface area contributed by atoms with E-state index < -0.39 is 10.8 Å². The molecule has 182 valence electrons. The number of ether oxygens (including phenoxy) is 1. The molecule has 0 fully saturated rings. The third kappa shape index (κ3) is 5.51. The standard InChI is InChI=1S/C26H31FN2O3S2/c1-6-18(4)26(31)19(5)22(17(2)3)16-29(33)34(27)24-13-12-21(15-23(24)28-34)32-25(30)14-20-10-8-7-9-11-20/h6-13,15,28,31,33H,14,16H2,1-5H3/b18-6-,26-19+. The number of thiol groups is 1. The summed E-state index contributed by atoms with van der Waals surface area (Å²) in [7, 11) is -3.03. The number of aliphatic hydroxyl groups excluding tert-OH is 1. The number of halogens is 1. The number of carbonyl (C=O) groups excluding carboxylic acids is 1. The Bertz CT molecular complexity index is 1170. The second-order valence-electron chi connectivity index (χ2n) is 8.34. The van der Waals surface area contributed by atoms with Crippen molar-refractivity contribution < 1.29 is 18.5 Å². The molecule has 1 aliphatic rings. The highest BCUT2D eigenvalue weighted by molar-refractivity contribution is 8.33. The van der Waals surface area contributed by atoms with E-state index in [1.165, 1.54) is 3.71 Å². The summed E-state index contributed by atoms with van der Waals surface area (Å²) in [5, 5.41) is 10.5. The molecular formula is C26H31FN2O3S2. The van der Waals surface area contributed by atoms with Gasteiger partial charge in [-0.15, -0.1) is 3.89 Å². The molecule has 1 unspecified atom stereocenters. The predicted octanol–water partition coefficient (Wildman–Crippen LogP) is 7.42. The van der Waals surface area contributed by atoms with Crippen molar-refractivity contribution in [3.05, 3.63) is 88.2 Å². The van der Waals surface area contributed by atoms with Gasteiger partial charge in [-0.1, -0.05) is 54.8 Å². The Kier molecular flexibility index (Phi) is 8.17. The fourth-order valence-corrected chi connectivity index (χ4v) is 5.82. The third-order valence-corrected chi connectivity index (χ3v) is 8.67. The van der Waals surface area contributed by atoms with E-state index in [-0.39, 0.29) is 24.7 Å². The molecule has 0 saturated heterocycles. The molecule has 0 spiro atoms. The quantitative estimate of drug-likeness (QED) is 0.115. The van der Waals surface area contributed by atoms with Gasteiger partial charge >= 0.3 is 5.97 Å². The average Bonchev–Trinajstić information content (AvgIpc) is 2.80. The summed E-state index contributed by atoms with van der Waals surface area (Å²) >= 11 is 4.47. The van der Waals surface area contributed by atoms with E-state index in [0.29, 0.717) is 21.9 Å². The summed E-state index contributed by atoms with van der Waals surface area (Å²) in [6, 6.07) is 14.2. The van der Waals surface area contributed by atoms with E-state index in [9.17, 15) is 9.90 Å². The van der Waals surface area contributed by atoms with Crippen LogP contribution in [-0.4, -0.2) is 21.3 Å². The van der Waals surface area contributed by atoms with Crippen molar-refractivity contribution in [3.8, 4) is 5.75 Å². The molecule has 1 aliphatic heterocycles. The molecule has 0 bridgehead atoms. The number of aliphatic hydroxyl groups is 1. The Labute approximate surface area is 208 Å². The summed E-state index contributed by atoms with van der Waals surface area (Å²) in [5.74, 6) is 0.161.